The van der Waals surface area contributed by atoms with E-state index < -0.39 is 12.1 Å². The summed E-state index contributed by atoms with van der Waals surface area (Å²) in [5.41, 5.74) is 0.424. The molecule has 20 heavy (non-hydrogen) atoms. The van der Waals surface area contributed by atoms with Crippen molar-refractivity contribution >= 4 is 6.09 Å². The molecule has 2 rings (SSSR count). The lowest BCUT2D eigenvalue weighted by Crippen LogP contribution is -2.33. The monoisotopic (exact) mass is 275 g/mol. The molecule has 0 aliphatic rings. The summed E-state index contributed by atoms with van der Waals surface area (Å²) in [6.07, 6.45) is 2.00. The Morgan fingerprint density at radius 2 is 2.00 bits per heavy atom. The van der Waals surface area contributed by atoms with E-state index in [4.69, 9.17) is 5.11 Å². The number of amides is 1. The van der Waals surface area contributed by atoms with Gasteiger partial charge in [0.1, 0.15) is 0 Å². The molecule has 104 valence electrons. The first-order valence-electron chi connectivity index (χ1n) is 5.86. The Labute approximate surface area is 114 Å². The molecule has 0 aliphatic heterocycles. The van der Waals surface area contributed by atoms with E-state index in [1.165, 1.54) is 12.1 Å². The molecule has 8 heteroatoms. The molecule has 1 atom stereocenters. The summed E-state index contributed by atoms with van der Waals surface area (Å²) in [4.78, 5) is 20.6. The molecule has 2 aromatic rings. The lowest BCUT2D eigenvalue weighted by Gasteiger charge is -2.24. The minimum Gasteiger partial charge on any atom is -0.492 e. The number of carboxylic acid groups (broad SMARTS) is 1. The first-order chi connectivity index (χ1) is 9.58. The quantitative estimate of drug-likeness (QED) is 0.862. The van der Waals surface area contributed by atoms with Gasteiger partial charge in [0.2, 0.25) is 5.88 Å². The molecule has 8 nitrogen and oxygen atoms in total. The van der Waals surface area contributed by atoms with E-state index in [1.54, 1.807) is 25.4 Å². The van der Waals surface area contributed by atoms with Crippen LogP contribution in [0, 0.1) is 0 Å². The maximum Gasteiger partial charge on any atom is 0.408 e. The summed E-state index contributed by atoms with van der Waals surface area (Å²) in [5, 5.41) is 25.6. The van der Waals surface area contributed by atoms with Crippen LogP contribution in [-0.2, 0) is 6.54 Å². The van der Waals surface area contributed by atoms with Crippen molar-refractivity contribution < 1.29 is 15.0 Å². The van der Waals surface area contributed by atoms with E-state index in [-0.39, 0.29) is 12.4 Å². The molecule has 0 saturated carbocycles. The maximum absolute atomic E-state index is 11.4. The Kier molecular flexibility index (Phi) is 4.04. The summed E-state index contributed by atoms with van der Waals surface area (Å²) in [6, 6.07) is 4.00. The van der Waals surface area contributed by atoms with Gasteiger partial charge in [0, 0.05) is 18.5 Å². The van der Waals surface area contributed by atoms with Crippen molar-refractivity contribution in [2.24, 2.45) is 0 Å². The highest BCUT2D eigenvalue weighted by Crippen LogP contribution is 2.18. The Morgan fingerprint density at radius 1 is 1.30 bits per heavy atom. The van der Waals surface area contributed by atoms with Crippen LogP contribution in [0.25, 0.3) is 0 Å². The topological polar surface area (TPSA) is 112 Å². The zero-order valence-corrected chi connectivity index (χ0v) is 10.7. The van der Waals surface area contributed by atoms with Crippen molar-refractivity contribution in [1.82, 2.24) is 25.1 Å². The number of carbonyl (C=O) groups is 1. The number of aromatic hydroxyl groups is 1. The Bertz CT molecular complexity index is 575. The SMILES string of the molecule is CC(c1ncccn1)N(Cc1ccc(O)nn1)C(=O)O. The lowest BCUT2D eigenvalue weighted by molar-refractivity contribution is 0.121. The van der Waals surface area contributed by atoms with Gasteiger partial charge >= 0.3 is 6.09 Å². The number of rotatable bonds is 4. The van der Waals surface area contributed by atoms with Gasteiger partial charge in [0.05, 0.1) is 18.3 Å². The molecule has 2 N–H and O–H groups in total. The molecule has 1 unspecified atom stereocenters. The molecule has 2 aromatic heterocycles. The van der Waals surface area contributed by atoms with Crippen LogP contribution in [-0.4, -0.2) is 41.4 Å². The van der Waals surface area contributed by atoms with Gasteiger partial charge in [0.15, 0.2) is 5.82 Å². The Morgan fingerprint density at radius 3 is 2.55 bits per heavy atom. The summed E-state index contributed by atoms with van der Waals surface area (Å²) in [7, 11) is 0. The number of hydrogen-bond acceptors (Lipinski definition) is 6. The molecule has 0 fully saturated rings. The van der Waals surface area contributed by atoms with E-state index in [0.717, 1.165) is 4.90 Å². The second-order valence-electron chi connectivity index (χ2n) is 4.08. The second-order valence-corrected chi connectivity index (χ2v) is 4.08. The van der Waals surface area contributed by atoms with Gasteiger partial charge in [-0.1, -0.05) is 0 Å². The van der Waals surface area contributed by atoms with Crippen LogP contribution in [0.5, 0.6) is 5.88 Å². The van der Waals surface area contributed by atoms with Crippen LogP contribution in [0.15, 0.2) is 30.6 Å². The average molecular weight is 275 g/mol. The fourth-order valence-corrected chi connectivity index (χ4v) is 1.65. The minimum atomic E-state index is -1.11. The third-order valence-corrected chi connectivity index (χ3v) is 2.71. The maximum atomic E-state index is 11.4. The highest BCUT2D eigenvalue weighted by Gasteiger charge is 2.23. The molecule has 2 heterocycles. The summed E-state index contributed by atoms with van der Waals surface area (Å²) < 4.78 is 0. The molecule has 0 bridgehead atoms. The largest absolute Gasteiger partial charge is 0.492 e. The van der Waals surface area contributed by atoms with Crippen molar-refractivity contribution in [3.05, 3.63) is 42.1 Å². The molecular weight excluding hydrogens is 262 g/mol. The summed E-state index contributed by atoms with van der Waals surface area (Å²) in [6.45, 7) is 1.72. The predicted octanol–water partition coefficient (Wildman–Crippen LogP) is 1.21. The third kappa shape index (κ3) is 3.16. The first-order valence-corrected chi connectivity index (χ1v) is 5.86. The molecular formula is C12H13N5O3. The van der Waals surface area contributed by atoms with Crippen LogP contribution < -0.4 is 0 Å². The Hall–Kier alpha value is -2.77. The average Bonchev–Trinajstić information content (AvgIpc) is 2.46. The van der Waals surface area contributed by atoms with Crippen LogP contribution in [0.3, 0.4) is 0 Å². The minimum absolute atomic E-state index is 0.0298. The van der Waals surface area contributed by atoms with Crippen molar-refractivity contribution in [3.8, 4) is 5.88 Å². The fraction of sp³-hybridized carbons (Fsp3) is 0.250. The van der Waals surface area contributed by atoms with Crippen molar-refractivity contribution in [3.63, 3.8) is 0 Å². The van der Waals surface area contributed by atoms with Gasteiger partial charge in [-0.3, -0.25) is 4.90 Å². The van der Waals surface area contributed by atoms with E-state index in [2.05, 4.69) is 20.2 Å². The normalized spacial score (nSPS) is 11.8. The van der Waals surface area contributed by atoms with Gasteiger partial charge in [-0.2, -0.15) is 5.10 Å². The third-order valence-electron chi connectivity index (χ3n) is 2.71. The molecule has 0 aliphatic carbocycles. The summed E-state index contributed by atoms with van der Waals surface area (Å²) >= 11 is 0. The highest BCUT2D eigenvalue weighted by atomic mass is 16.4. The first kappa shape index (κ1) is 13.7. The van der Waals surface area contributed by atoms with Gasteiger partial charge in [-0.25, -0.2) is 14.8 Å². The smallest absolute Gasteiger partial charge is 0.408 e. The van der Waals surface area contributed by atoms with Gasteiger partial charge in [-0.15, -0.1) is 5.10 Å². The van der Waals surface area contributed by atoms with E-state index >= 15 is 0 Å². The lowest BCUT2D eigenvalue weighted by atomic mass is 10.2. The van der Waals surface area contributed by atoms with Crippen molar-refractivity contribution in [2.45, 2.75) is 19.5 Å². The highest BCUT2D eigenvalue weighted by molar-refractivity contribution is 5.65. The second kappa shape index (κ2) is 5.91. The van der Waals surface area contributed by atoms with Crippen molar-refractivity contribution in [2.75, 3.05) is 0 Å². The van der Waals surface area contributed by atoms with Crippen LogP contribution in [0.2, 0.25) is 0 Å². The molecule has 1 amide bonds. The molecule has 0 saturated heterocycles. The molecule has 0 spiro atoms. The van der Waals surface area contributed by atoms with Crippen molar-refractivity contribution in [1.29, 1.82) is 0 Å². The van der Waals surface area contributed by atoms with Crippen LogP contribution in [0.1, 0.15) is 24.5 Å². The number of hydrogen-bond donors (Lipinski definition) is 2. The predicted molar refractivity (Wildman–Crippen MR) is 67.7 cm³/mol. The zero-order valence-electron chi connectivity index (χ0n) is 10.7. The van der Waals surface area contributed by atoms with Gasteiger partial charge in [-0.05, 0) is 19.1 Å². The van der Waals surface area contributed by atoms with E-state index in [9.17, 15) is 9.90 Å². The van der Waals surface area contributed by atoms with Gasteiger partial charge in [0.25, 0.3) is 0 Å². The Balaban J connectivity index is 2.19. The van der Waals surface area contributed by atoms with E-state index in [0.29, 0.717) is 11.5 Å². The zero-order chi connectivity index (χ0) is 14.5. The standard InChI is InChI=1S/C12H13N5O3/c1-8(11-13-5-2-6-14-11)17(12(19)20)7-9-3-4-10(18)16-15-9/h2-6,8H,7H2,1H3,(H,16,18)(H,19,20). The molecule has 0 aromatic carbocycles. The van der Waals surface area contributed by atoms with Crippen LogP contribution >= 0.6 is 0 Å². The number of aromatic nitrogens is 4. The molecule has 0 radical (unpaired) electrons. The van der Waals surface area contributed by atoms with Gasteiger partial charge < -0.3 is 10.2 Å². The number of nitrogens with zero attached hydrogens (tertiary/aromatic N) is 5. The van der Waals surface area contributed by atoms with E-state index in [1.807, 2.05) is 0 Å². The summed E-state index contributed by atoms with van der Waals surface area (Å²) in [5.74, 6) is 0.191. The fourth-order valence-electron chi connectivity index (χ4n) is 1.65. The van der Waals surface area contributed by atoms with Crippen LogP contribution in [0.4, 0.5) is 4.79 Å².